The third-order valence-corrected chi connectivity index (χ3v) is 5.57. The predicted octanol–water partition coefficient (Wildman–Crippen LogP) is 4.40. The smallest absolute Gasteiger partial charge is 0.154 e. The Morgan fingerprint density at radius 1 is 1.19 bits per heavy atom. The highest BCUT2D eigenvalue weighted by Crippen LogP contribution is 2.49. The number of allylic oxidation sites excluding steroid dienone is 4. The SMILES string of the molecule is Cc1ncc(C2=CCC3C(=C2)N(c2ccn(C(C)C)n2)CC3(C)C)cn1. The lowest BCUT2D eigenvalue weighted by molar-refractivity contribution is 0.306. The highest BCUT2D eigenvalue weighted by molar-refractivity contribution is 5.77. The van der Waals surface area contributed by atoms with Crippen molar-refractivity contribution in [3.63, 3.8) is 0 Å². The molecule has 0 bridgehead atoms. The maximum Gasteiger partial charge on any atom is 0.154 e. The van der Waals surface area contributed by atoms with Crippen molar-refractivity contribution < 1.29 is 0 Å². The van der Waals surface area contributed by atoms with Crippen molar-refractivity contribution in [1.29, 1.82) is 0 Å². The molecule has 5 nitrogen and oxygen atoms in total. The molecule has 1 aliphatic carbocycles. The third kappa shape index (κ3) is 2.85. The van der Waals surface area contributed by atoms with Gasteiger partial charge < -0.3 is 4.90 Å². The van der Waals surface area contributed by atoms with E-state index in [1.165, 1.54) is 11.3 Å². The first-order valence-electron chi connectivity index (χ1n) is 9.38. The Balaban J connectivity index is 1.71. The van der Waals surface area contributed by atoms with E-state index in [2.05, 4.69) is 67.0 Å². The number of hydrogen-bond acceptors (Lipinski definition) is 4. The van der Waals surface area contributed by atoms with Crippen LogP contribution in [0.15, 0.2) is 42.5 Å². The maximum atomic E-state index is 4.82. The molecule has 0 amide bonds. The average molecular weight is 349 g/mol. The molecule has 0 saturated carbocycles. The van der Waals surface area contributed by atoms with Crippen molar-refractivity contribution >= 4 is 11.4 Å². The number of aryl methyl sites for hydroxylation is 1. The molecule has 1 aliphatic heterocycles. The molecule has 0 radical (unpaired) electrons. The van der Waals surface area contributed by atoms with Gasteiger partial charge in [0.05, 0.1) is 0 Å². The summed E-state index contributed by atoms with van der Waals surface area (Å²) in [7, 11) is 0. The van der Waals surface area contributed by atoms with Gasteiger partial charge in [0.1, 0.15) is 5.82 Å². The zero-order valence-corrected chi connectivity index (χ0v) is 16.3. The van der Waals surface area contributed by atoms with E-state index in [4.69, 9.17) is 5.10 Å². The van der Waals surface area contributed by atoms with Gasteiger partial charge in [0, 0.05) is 54.4 Å². The standard InChI is InChI=1S/C21H27N5/c1-14(2)26-9-8-20(24-26)25-13-21(4,5)18-7-6-16(10-19(18)25)17-11-22-15(3)23-12-17/h6,8-12,14,18H,7,13H2,1-5H3. The largest absolute Gasteiger partial charge is 0.328 e. The Hall–Kier alpha value is -2.43. The van der Waals surface area contributed by atoms with Crippen molar-refractivity contribution in [1.82, 2.24) is 19.7 Å². The van der Waals surface area contributed by atoms with Gasteiger partial charge in [-0.15, -0.1) is 0 Å². The van der Waals surface area contributed by atoms with Gasteiger partial charge in [0.15, 0.2) is 5.82 Å². The zero-order valence-electron chi connectivity index (χ0n) is 16.3. The van der Waals surface area contributed by atoms with Gasteiger partial charge in [0.25, 0.3) is 0 Å². The van der Waals surface area contributed by atoms with E-state index in [-0.39, 0.29) is 5.41 Å². The Morgan fingerprint density at radius 2 is 1.92 bits per heavy atom. The van der Waals surface area contributed by atoms with E-state index in [0.29, 0.717) is 12.0 Å². The number of aromatic nitrogens is 4. The summed E-state index contributed by atoms with van der Waals surface area (Å²) in [6.45, 7) is 11.9. The van der Waals surface area contributed by atoms with Crippen LogP contribution in [0.25, 0.3) is 5.57 Å². The highest BCUT2D eigenvalue weighted by Gasteiger charge is 2.44. The third-order valence-electron chi connectivity index (χ3n) is 5.57. The fraction of sp³-hybridized carbons (Fsp3) is 0.476. The lowest BCUT2D eigenvalue weighted by Crippen LogP contribution is -2.23. The monoisotopic (exact) mass is 349 g/mol. The van der Waals surface area contributed by atoms with Gasteiger partial charge in [-0.1, -0.05) is 19.9 Å². The molecule has 0 aromatic carbocycles. The number of anilines is 1. The van der Waals surface area contributed by atoms with Crippen LogP contribution in [0.4, 0.5) is 5.82 Å². The predicted molar refractivity (Wildman–Crippen MR) is 105 cm³/mol. The van der Waals surface area contributed by atoms with E-state index < -0.39 is 0 Å². The van der Waals surface area contributed by atoms with Gasteiger partial charge in [0.2, 0.25) is 0 Å². The van der Waals surface area contributed by atoms with Crippen LogP contribution in [0, 0.1) is 18.3 Å². The van der Waals surface area contributed by atoms with Crippen LogP contribution in [0.3, 0.4) is 0 Å². The summed E-state index contributed by atoms with van der Waals surface area (Å²) in [5.74, 6) is 2.36. The van der Waals surface area contributed by atoms with Crippen LogP contribution in [0.2, 0.25) is 0 Å². The van der Waals surface area contributed by atoms with E-state index >= 15 is 0 Å². The summed E-state index contributed by atoms with van der Waals surface area (Å²) >= 11 is 0. The van der Waals surface area contributed by atoms with Crippen LogP contribution in [0.1, 0.15) is 51.5 Å². The van der Waals surface area contributed by atoms with E-state index in [1.807, 2.05) is 24.0 Å². The molecular formula is C21H27N5. The van der Waals surface area contributed by atoms with Crippen LogP contribution >= 0.6 is 0 Å². The molecule has 1 atom stereocenters. The minimum absolute atomic E-state index is 0.221. The van der Waals surface area contributed by atoms with Gasteiger partial charge in [-0.05, 0) is 44.3 Å². The Bertz CT molecular complexity index is 870. The van der Waals surface area contributed by atoms with Gasteiger partial charge in [-0.2, -0.15) is 5.10 Å². The van der Waals surface area contributed by atoms with Crippen molar-refractivity contribution in [3.8, 4) is 0 Å². The normalized spacial score (nSPS) is 21.6. The summed E-state index contributed by atoms with van der Waals surface area (Å²) in [5.41, 5.74) is 3.88. The first-order chi connectivity index (χ1) is 12.3. The molecule has 1 unspecified atom stereocenters. The summed E-state index contributed by atoms with van der Waals surface area (Å²) in [6, 6.07) is 2.50. The van der Waals surface area contributed by atoms with Crippen LogP contribution in [-0.2, 0) is 0 Å². The maximum absolute atomic E-state index is 4.82. The molecule has 26 heavy (non-hydrogen) atoms. The summed E-state index contributed by atoms with van der Waals surface area (Å²) < 4.78 is 2.03. The van der Waals surface area contributed by atoms with Gasteiger partial charge in [-0.3, -0.25) is 4.68 Å². The minimum atomic E-state index is 0.221. The molecule has 1 fully saturated rings. The first-order valence-corrected chi connectivity index (χ1v) is 9.38. The second-order valence-electron chi connectivity index (χ2n) is 8.36. The van der Waals surface area contributed by atoms with Gasteiger partial charge >= 0.3 is 0 Å². The second kappa shape index (κ2) is 6.08. The summed E-state index contributed by atoms with van der Waals surface area (Å²) in [5, 5.41) is 4.82. The molecule has 4 rings (SSSR count). The fourth-order valence-corrected chi connectivity index (χ4v) is 3.99. The van der Waals surface area contributed by atoms with E-state index in [9.17, 15) is 0 Å². The molecule has 1 saturated heterocycles. The Labute approximate surface area is 155 Å². The molecule has 3 heterocycles. The van der Waals surface area contributed by atoms with Crippen LogP contribution in [-0.4, -0.2) is 26.3 Å². The van der Waals surface area contributed by atoms with Crippen LogP contribution < -0.4 is 4.90 Å². The molecule has 2 aromatic rings. The molecule has 136 valence electrons. The fourth-order valence-electron chi connectivity index (χ4n) is 3.99. The Morgan fingerprint density at radius 3 is 2.58 bits per heavy atom. The molecule has 0 spiro atoms. The van der Waals surface area contributed by atoms with Crippen molar-refractivity contribution in [2.45, 2.75) is 47.1 Å². The molecule has 5 heteroatoms. The second-order valence-corrected chi connectivity index (χ2v) is 8.36. The Kier molecular flexibility index (Phi) is 3.98. The van der Waals surface area contributed by atoms with Crippen molar-refractivity contribution in [3.05, 3.63) is 53.9 Å². The van der Waals surface area contributed by atoms with Crippen molar-refractivity contribution in [2.75, 3.05) is 11.4 Å². The summed E-state index contributed by atoms with van der Waals surface area (Å²) in [6.07, 6.45) is 11.6. The minimum Gasteiger partial charge on any atom is -0.328 e. The van der Waals surface area contributed by atoms with Gasteiger partial charge in [-0.25, -0.2) is 9.97 Å². The highest BCUT2D eigenvalue weighted by atomic mass is 15.4. The molecular weight excluding hydrogens is 322 g/mol. The zero-order chi connectivity index (χ0) is 18.5. The van der Waals surface area contributed by atoms with E-state index in [0.717, 1.165) is 30.2 Å². The number of nitrogens with zero attached hydrogens (tertiary/aromatic N) is 5. The lowest BCUT2D eigenvalue weighted by Gasteiger charge is -2.27. The van der Waals surface area contributed by atoms with Crippen LogP contribution in [0.5, 0.6) is 0 Å². The molecule has 0 N–H and O–H groups in total. The average Bonchev–Trinajstić information content (AvgIpc) is 3.19. The summed E-state index contributed by atoms with van der Waals surface area (Å²) in [4.78, 5) is 11.1. The van der Waals surface area contributed by atoms with E-state index in [1.54, 1.807) is 0 Å². The molecule has 2 aromatic heterocycles. The number of hydrogen-bond donors (Lipinski definition) is 0. The first kappa shape index (κ1) is 17.0. The van der Waals surface area contributed by atoms with Crippen molar-refractivity contribution in [2.24, 2.45) is 11.3 Å². The number of fused-ring (bicyclic) bond motifs is 1. The molecule has 2 aliphatic rings. The number of rotatable bonds is 3. The quantitative estimate of drug-likeness (QED) is 0.824. The topological polar surface area (TPSA) is 46.8 Å². The lowest BCUT2D eigenvalue weighted by atomic mass is 9.76.